The number of aromatic nitrogens is 2. The lowest BCUT2D eigenvalue weighted by molar-refractivity contribution is 0.241. The molecule has 0 aliphatic carbocycles. The van der Waals surface area contributed by atoms with Gasteiger partial charge in [0.05, 0.1) is 18.4 Å². The Balaban J connectivity index is 1.78. The van der Waals surface area contributed by atoms with Crippen LogP contribution in [0.4, 0.5) is 10.3 Å². The standard InChI is InChI=1S/C15H17FN4O2/c1-22-13-3-2-9(6-11(13)16)7-20-5-4-12-10(8-20)14(21)19-15(17)18-12/h2-3,6H,4-5,7-8H2,1H3,(H3,17,18,19,21). The van der Waals surface area contributed by atoms with E-state index in [-0.39, 0.29) is 23.1 Å². The number of halogens is 1. The Morgan fingerprint density at radius 3 is 3.05 bits per heavy atom. The van der Waals surface area contributed by atoms with Gasteiger partial charge >= 0.3 is 0 Å². The van der Waals surface area contributed by atoms with Crippen LogP contribution in [0.3, 0.4) is 0 Å². The number of nitrogens with two attached hydrogens (primary N) is 1. The fourth-order valence-electron chi connectivity index (χ4n) is 2.70. The number of methoxy groups -OCH3 is 1. The van der Waals surface area contributed by atoms with Crippen LogP contribution < -0.4 is 16.0 Å². The van der Waals surface area contributed by atoms with Crippen LogP contribution in [-0.4, -0.2) is 28.5 Å². The number of rotatable bonds is 3. The third-order valence-corrected chi connectivity index (χ3v) is 3.79. The molecule has 1 aromatic carbocycles. The van der Waals surface area contributed by atoms with E-state index in [0.29, 0.717) is 25.1 Å². The van der Waals surface area contributed by atoms with E-state index in [1.54, 1.807) is 6.07 Å². The number of nitrogen functional groups attached to an aromatic ring is 1. The van der Waals surface area contributed by atoms with E-state index in [1.165, 1.54) is 13.2 Å². The van der Waals surface area contributed by atoms with Crippen molar-refractivity contribution < 1.29 is 9.13 Å². The molecule has 0 amide bonds. The number of fused-ring (bicyclic) bond motifs is 1. The molecule has 1 aromatic heterocycles. The van der Waals surface area contributed by atoms with E-state index >= 15 is 0 Å². The summed E-state index contributed by atoms with van der Waals surface area (Å²) in [4.78, 5) is 20.7. The number of benzene rings is 1. The number of ether oxygens (including phenoxy) is 1. The van der Waals surface area contributed by atoms with Crippen LogP contribution >= 0.6 is 0 Å². The highest BCUT2D eigenvalue weighted by Gasteiger charge is 2.21. The van der Waals surface area contributed by atoms with Crippen LogP contribution in [0.1, 0.15) is 16.8 Å². The summed E-state index contributed by atoms with van der Waals surface area (Å²) in [5.74, 6) is -0.0111. The molecule has 0 saturated heterocycles. The maximum Gasteiger partial charge on any atom is 0.257 e. The van der Waals surface area contributed by atoms with Gasteiger partial charge in [0.25, 0.3) is 5.56 Å². The van der Waals surface area contributed by atoms with E-state index in [2.05, 4.69) is 14.9 Å². The lowest BCUT2D eigenvalue weighted by Gasteiger charge is -2.27. The fourth-order valence-corrected chi connectivity index (χ4v) is 2.70. The first-order valence-corrected chi connectivity index (χ1v) is 6.99. The number of H-pyrrole nitrogens is 1. The predicted molar refractivity (Wildman–Crippen MR) is 80.0 cm³/mol. The van der Waals surface area contributed by atoms with Crippen molar-refractivity contribution in [1.82, 2.24) is 14.9 Å². The van der Waals surface area contributed by atoms with Gasteiger partial charge in [-0.15, -0.1) is 0 Å². The minimum absolute atomic E-state index is 0.148. The SMILES string of the molecule is COc1ccc(CN2CCc3nc(N)[nH]c(=O)c3C2)cc1F. The second-order valence-electron chi connectivity index (χ2n) is 5.31. The van der Waals surface area contributed by atoms with Crippen molar-refractivity contribution in [3.05, 3.63) is 51.2 Å². The molecule has 0 spiro atoms. The van der Waals surface area contributed by atoms with Crippen molar-refractivity contribution in [2.75, 3.05) is 19.4 Å². The number of hydrogen-bond acceptors (Lipinski definition) is 5. The van der Waals surface area contributed by atoms with Crippen LogP contribution in [0.2, 0.25) is 0 Å². The molecular weight excluding hydrogens is 287 g/mol. The van der Waals surface area contributed by atoms with Gasteiger partial charge in [-0.05, 0) is 17.7 Å². The number of hydrogen-bond donors (Lipinski definition) is 2. The molecule has 0 fully saturated rings. The maximum absolute atomic E-state index is 13.7. The molecule has 0 atom stereocenters. The molecule has 7 heteroatoms. The molecule has 3 N–H and O–H groups in total. The van der Waals surface area contributed by atoms with Crippen molar-refractivity contribution in [1.29, 1.82) is 0 Å². The van der Waals surface area contributed by atoms with Gasteiger partial charge in [0.1, 0.15) is 0 Å². The van der Waals surface area contributed by atoms with Crippen molar-refractivity contribution >= 4 is 5.95 Å². The third-order valence-electron chi connectivity index (χ3n) is 3.79. The van der Waals surface area contributed by atoms with Gasteiger partial charge in [0.15, 0.2) is 11.6 Å². The molecule has 2 aromatic rings. The topological polar surface area (TPSA) is 84.2 Å². The lowest BCUT2D eigenvalue weighted by Crippen LogP contribution is -2.35. The Morgan fingerprint density at radius 1 is 1.50 bits per heavy atom. The molecule has 0 radical (unpaired) electrons. The summed E-state index contributed by atoms with van der Waals surface area (Å²) in [6, 6.07) is 4.89. The molecule has 0 unspecified atom stereocenters. The molecule has 1 aliphatic heterocycles. The quantitative estimate of drug-likeness (QED) is 0.886. The van der Waals surface area contributed by atoms with Gasteiger partial charge in [-0.3, -0.25) is 14.7 Å². The molecule has 2 heterocycles. The van der Waals surface area contributed by atoms with Crippen LogP contribution in [0.25, 0.3) is 0 Å². The minimum Gasteiger partial charge on any atom is -0.494 e. The predicted octanol–water partition coefficient (Wildman–Crippen LogP) is 1.06. The first-order valence-electron chi connectivity index (χ1n) is 6.99. The Labute approximate surface area is 126 Å². The molecule has 0 saturated carbocycles. The summed E-state index contributed by atoms with van der Waals surface area (Å²) in [6.45, 7) is 1.78. The highest BCUT2D eigenvalue weighted by atomic mass is 19.1. The smallest absolute Gasteiger partial charge is 0.257 e. The number of aromatic amines is 1. The summed E-state index contributed by atoms with van der Waals surface area (Å²) in [7, 11) is 1.44. The maximum atomic E-state index is 13.7. The zero-order valence-corrected chi connectivity index (χ0v) is 12.2. The van der Waals surface area contributed by atoms with E-state index in [9.17, 15) is 9.18 Å². The van der Waals surface area contributed by atoms with Gasteiger partial charge in [-0.25, -0.2) is 9.37 Å². The first kappa shape index (κ1) is 14.5. The van der Waals surface area contributed by atoms with Crippen molar-refractivity contribution in [2.24, 2.45) is 0 Å². The van der Waals surface area contributed by atoms with Crippen LogP contribution in [0.15, 0.2) is 23.0 Å². The summed E-state index contributed by atoms with van der Waals surface area (Å²) in [5, 5.41) is 0. The monoisotopic (exact) mass is 304 g/mol. The molecule has 116 valence electrons. The Bertz CT molecular complexity index is 760. The minimum atomic E-state index is -0.385. The Hall–Kier alpha value is -2.41. The van der Waals surface area contributed by atoms with Crippen molar-refractivity contribution in [3.8, 4) is 5.75 Å². The van der Waals surface area contributed by atoms with Gasteiger partial charge < -0.3 is 10.5 Å². The van der Waals surface area contributed by atoms with Crippen LogP contribution in [0, 0.1) is 5.82 Å². The number of nitrogens with zero attached hydrogens (tertiary/aromatic N) is 2. The Morgan fingerprint density at radius 2 is 2.32 bits per heavy atom. The highest BCUT2D eigenvalue weighted by Crippen LogP contribution is 2.21. The van der Waals surface area contributed by atoms with Gasteiger partial charge in [-0.2, -0.15) is 0 Å². The van der Waals surface area contributed by atoms with Gasteiger partial charge in [0.2, 0.25) is 5.95 Å². The lowest BCUT2D eigenvalue weighted by atomic mass is 10.1. The van der Waals surface area contributed by atoms with E-state index < -0.39 is 0 Å². The van der Waals surface area contributed by atoms with Crippen LogP contribution in [0.5, 0.6) is 5.75 Å². The zero-order chi connectivity index (χ0) is 15.7. The average Bonchev–Trinajstić information content (AvgIpc) is 2.48. The third kappa shape index (κ3) is 2.80. The van der Waals surface area contributed by atoms with E-state index in [0.717, 1.165) is 17.8 Å². The fraction of sp³-hybridized carbons (Fsp3) is 0.333. The largest absolute Gasteiger partial charge is 0.494 e. The zero-order valence-electron chi connectivity index (χ0n) is 12.2. The van der Waals surface area contributed by atoms with Gasteiger partial charge in [-0.1, -0.05) is 6.07 Å². The molecule has 6 nitrogen and oxygen atoms in total. The van der Waals surface area contributed by atoms with E-state index in [1.807, 2.05) is 6.07 Å². The van der Waals surface area contributed by atoms with Gasteiger partial charge in [0, 0.05) is 26.1 Å². The molecule has 1 aliphatic rings. The average molecular weight is 304 g/mol. The number of anilines is 1. The summed E-state index contributed by atoms with van der Waals surface area (Å²) in [5.41, 5.74) is 7.57. The van der Waals surface area contributed by atoms with Crippen LogP contribution in [-0.2, 0) is 19.5 Å². The first-order chi connectivity index (χ1) is 10.6. The molecule has 3 rings (SSSR count). The Kier molecular flexibility index (Phi) is 3.81. The second-order valence-corrected chi connectivity index (χ2v) is 5.31. The highest BCUT2D eigenvalue weighted by molar-refractivity contribution is 5.30. The molecule has 22 heavy (non-hydrogen) atoms. The van der Waals surface area contributed by atoms with E-state index in [4.69, 9.17) is 10.5 Å². The summed E-state index contributed by atoms with van der Waals surface area (Å²) < 4.78 is 18.6. The number of nitrogens with one attached hydrogen (secondary N) is 1. The second kappa shape index (κ2) is 5.76. The van der Waals surface area contributed by atoms with Crippen molar-refractivity contribution in [2.45, 2.75) is 19.5 Å². The normalized spacial score (nSPS) is 14.6. The molecule has 0 bridgehead atoms. The van der Waals surface area contributed by atoms with Crippen molar-refractivity contribution in [3.63, 3.8) is 0 Å². The molecular formula is C15H17FN4O2. The summed E-state index contributed by atoms with van der Waals surface area (Å²) >= 11 is 0. The summed E-state index contributed by atoms with van der Waals surface area (Å²) in [6.07, 6.45) is 0.655.